The van der Waals surface area contributed by atoms with E-state index in [1.54, 1.807) is 5.38 Å². The number of aliphatic hydroxyl groups excluding tert-OH is 1. The molecule has 0 spiro atoms. The van der Waals surface area contributed by atoms with Crippen LogP contribution in [0.5, 0.6) is 0 Å². The largest absolute Gasteiger partial charge is 0.418 e. The van der Waals surface area contributed by atoms with Crippen molar-refractivity contribution in [2.24, 2.45) is 0 Å². The Morgan fingerprint density at radius 1 is 1.04 bits per heavy atom. The number of fused-ring (bicyclic) bond motifs is 1. The van der Waals surface area contributed by atoms with Gasteiger partial charge in [-0.25, -0.2) is 0 Å². The summed E-state index contributed by atoms with van der Waals surface area (Å²) in [5, 5.41) is 17.1. The van der Waals surface area contributed by atoms with Gasteiger partial charge in [-0.3, -0.25) is 9.59 Å². The van der Waals surface area contributed by atoms with Gasteiger partial charge in [-0.05, 0) is 29.0 Å². The van der Waals surface area contributed by atoms with Crippen molar-refractivity contribution in [1.82, 2.24) is 5.32 Å². The van der Waals surface area contributed by atoms with Crippen molar-refractivity contribution in [2.75, 3.05) is 11.9 Å². The Bertz CT molecular complexity index is 1020. The van der Waals surface area contributed by atoms with Crippen LogP contribution in [0.2, 0.25) is 0 Å². The molecule has 9 heteroatoms. The number of aliphatic hydroxyl groups is 1. The number of benzene rings is 2. The number of carbonyl (C=O) groups excluding carboxylic acids is 2. The normalized spacial score (nSPS) is 12.6. The average Bonchev–Trinajstić information content (AvgIpc) is 3.09. The van der Waals surface area contributed by atoms with Gasteiger partial charge in [0.2, 0.25) is 0 Å². The second-order valence-corrected chi connectivity index (χ2v) is 6.82. The molecular formula is C19H15F3N2O3S. The van der Waals surface area contributed by atoms with E-state index in [4.69, 9.17) is 0 Å². The summed E-state index contributed by atoms with van der Waals surface area (Å²) in [6, 6.07) is 11.7. The first kappa shape index (κ1) is 19.8. The Kier molecular flexibility index (Phi) is 5.66. The molecule has 28 heavy (non-hydrogen) atoms. The highest BCUT2D eigenvalue weighted by Gasteiger charge is 2.34. The van der Waals surface area contributed by atoms with Gasteiger partial charge in [0.25, 0.3) is 0 Å². The van der Waals surface area contributed by atoms with Gasteiger partial charge in [-0.2, -0.15) is 13.2 Å². The lowest BCUT2D eigenvalue weighted by Gasteiger charge is -2.14. The average molecular weight is 408 g/mol. The standard InChI is InChI=1S/C19H15F3N2O3S/c20-19(21,22)13-6-2-3-7-14(13)24-18(27)17(26)23-9-15(25)12-10-28-16-8-4-1-5-11(12)16/h1-8,10,15,25H,9H2,(H,23,26)(H,24,27)/t15-/m1/s1. The second kappa shape index (κ2) is 7.99. The summed E-state index contributed by atoms with van der Waals surface area (Å²) in [5.41, 5.74) is -0.968. The van der Waals surface area contributed by atoms with E-state index in [1.165, 1.54) is 23.5 Å². The maximum atomic E-state index is 13.0. The van der Waals surface area contributed by atoms with Crippen LogP contribution in [0.25, 0.3) is 10.1 Å². The lowest BCUT2D eigenvalue weighted by atomic mass is 10.1. The number of alkyl halides is 3. The van der Waals surface area contributed by atoms with Crippen molar-refractivity contribution in [2.45, 2.75) is 12.3 Å². The Balaban J connectivity index is 1.63. The van der Waals surface area contributed by atoms with Crippen LogP contribution < -0.4 is 10.6 Å². The van der Waals surface area contributed by atoms with E-state index in [0.717, 1.165) is 22.2 Å². The Morgan fingerprint density at radius 3 is 2.46 bits per heavy atom. The van der Waals surface area contributed by atoms with Crippen LogP contribution in [0.4, 0.5) is 18.9 Å². The van der Waals surface area contributed by atoms with Crippen molar-refractivity contribution in [3.63, 3.8) is 0 Å². The van der Waals surface area contributed by atoms with Crippen LogP contribution in [0.3, 0.4) is 0 Å². The first-order valence-electron chi connectivity index (χ1n) is 8.17. The summed E-state index contributed by atoms with van der Waals surface area (Å²) >= 11 is 1.43. The second-order valence-electron chi connectivity index (χ2n) is 5.91. The van der Waals surface area contributed by atoms with Gasteiger partial charge in [0.15, 0.2) is 0 Å². The van der Waals surface area contributed by atoms with Gasteiger partial charge in [0.05, 0.1) is 17.4 Å². The van der Waals surface area contributed by atoms with Crippen molar-refractivity contribution in [3.05, 3.63) is 65.0 Å². The van der Waals surface area contributed by atoms with Crippen LogP contribution in [-0.2, 0) is 15.8 Å². The van der Waals surface area contributed by atoms with Gasteiger partial charge < -0.3 is 15.7 Å². The summed E-state index contributed by atoms with van der Waals surface area (Å²) in [4.78, 5) is 23.9. The molecule has 0 saturated heterocycles. The van der Waals surface area contributed by atoms with E-state index in [2.05, 4.69) is 5.32 Å². The number of anilines is 1. The van der Waals surface area contributed by atoms with Crippen LogP contribution >= 0.6 is 11.3 Å². The number of rotatable bonds is 4. The van der Waals surface area contributed by atoms with Crippen LogP contribution in [0.15, 0.2) is 53.9 Å². The van der Waals surface area contributed by atoms with E-state index in [1.807, 2.05) is 29.6 Å². The molecule has 2 aromatic carbocycles. The fraction of sp³-hybridized carbons (Fsp3) is 0.158. The van der Waals surface area contributed by atoms with Crippen molar-refractivity contribution in [1.29, 1.82) is 0 Å². The van der Waals surface area contributed by atoms with Gasteiger partial charge in [-0.15, -0.1) is 11.3 Å². The van der Waals surface area contributed by atoms with Gasteiger partial charge >= 0.3 is 18.0 Å². The van der Waals surface area contributed by atoms with E-state index in [0.29, 0.717) is 5.56 Å². The monoisotopic (exact) mass is 408 g/mol. The molecule has 0 aliphatic carbocycles. The summed E-state index contributed by atoms with van der Waals surface area (Å²) < 4.78 is 39.8. The molecule has 3 aromatic rings. The molecule has 1 atom stereocenters. The Labute approximate surface area is 161 Å². The molecule has 0 aliphatic rings. The number of carbonyl (C=O) groups is 2. The molecule has 3 rings (SSSR count). The Morgan fingerprint density at radius 2 is 1.71 bits per heavy atom. The molecule has 0 bridgehead atoms. The lowest BCUT2D eigenvalue weighted by molar-refractivity contribution is -0.138. The molecule has 0 aliphatic heterocycles. The van der Waals surface area contributed by atoms with Crippen LogP contribution in [0.1, 0.15) is 17.2 Å². The van der Waals surface area contributed by atoms with Crippen molar-refractivity contribution < 1.29 is 27.9 Å². The molecule has 5 nitrogen and oxygen atoms in total. The minimum Gasteiger partial charge on any atom is -0.387 e. The molecule has 0 saturated carbocycles. The molecule has 146 valence electrons. The van der Waals surface area contributed by atoms with Crippen LogP contribution in [0, 0.1) is 0 Å². The fourth-order valence-electron chi connectivity index (χ4n) is 2.65. The lowest BCUT2D eigenvalue weighted by Crippen LogP contribution is -2.38. The number of para-hydroxylation sites is 1. The molecule has 3 N–H and O–H groups in total. The number of halogens is 3. The zero-order chi connectivity index (χ0) is 20.3. The molecule has 0 radical (unpaired) electrons. The third-order valence-corrected chi connectivity index (χ3v) is 4.99. The molecular weight excluding hydrogens is 393 g/mol. The number of hydrogen-bond donors (Lipinski definition) is 3. The maximum Gasteiger partial charge on any atom is 0.418 e. The topological polar surface area (TPSA) is 78.4 Å². The predicted molar refractivity (Wildman–Crippen MR) is 99.9 cm³/mol. The highest BCUT2D eigenvalue weighted by molar-refractivity contribution is 7.17. The summed E-state index contributed by atoms with van der Waals surface area (Å²) in [6.07, 6.45) is -5.73. The highest BCUT2D eigenvalue weighted by atomic mass is 32.1. The molecule has 0 fully saturated rings. The van der Waals surface area contributed by atoms with E-state index in [-0.39, 0.29) is 6.54 Å². The minimum absolute atomic E-state index is 0.256. The zero-order valence-corrected chi connectivity index (χ0v) is 15.1. The minimum atomic E-state index is -4.67. The number of amides is 2. The van der Waals surface area contributed by atoms with Gasteiger partial charge in [-0.1, -0.05) is 30.3 Å². The zero-order valence-electron chi connectivity index (χ0n) is 14.3. The fourth-order valence-corrected chi connectivity index (χ4v) is 3.66. The number of nitrogens with one attached hydrogen (secondary N) is 2. The summed E-state index contributed by atoms with van der Waals surface area (Å²) in [7, 11) is 0. The van der Waals surface area contributed by atoms with Gasteiger partial charge in [0.1, 0.15) is 0 Å². The SMILES string of the molecule is O=C(NC[C@@H](O)c1csc2ccccc12)C(=O)Nc1ccccc1C(F)(F)F. The Hall–Kier alpha value is -2.91. The summed E-state index contributed by atoms with van der Waals surface area (Å²) in [5.74, 6) is -2.39. The van der Waals surface area contributed by atoms with E-state index in [9.17, 15) is 27.9 Å². The third kappa shape index (κ3) is 4.32. The van der Waals surface area contributed by atoms with Gasteiger partial charge in [0, 0.05) is 16.8 Å². The maximum absolute atomic E-state index is 13.0. The van der Waals surface area contributed by atoms with E-state index >= 15 is 0 Å². The molecule has 0 unspecified atom stereocenters. The first-order chi connectivity index (χ1) is 13.3. The quantitative estimate of drug-likeness (QED) is 0.576. The number of thiophene rings is 1. The summed E-state index contributed by atoms with van der Waals surface area (Å²) in [6.45, 7) is -0.256. The van der Waals surface area contributed by atoms with Crippen molar-refractivity contribution >= 4 is 38.9 Å². The third-order valence-electron chi connectivity index (χ3n) is 4.01. The highest BCUT2D eigenvalue weighted by Crippen LogP contribution is 2.34. The molecule has 2 amide bonds. The first-order valence-corrected chi connectivity index (χ1v) is 9.05. The smallest absolute Gasteiger partial charge is 0.387 e. The molecule has 1 heterocycles. The van der Waals surface area contributed by atoms with Crippen LogP contribution in [-0.4, -0.2) is 23.5 Å². The van der Waals surface area contributed by atoms with Crippen molar-refractivity contribution in [3.8, 4) is 0 Å². The molecule has 1 aromatic heterocycles. The predicted octanol–water partition coefficient (Wildman–Crippen LogP) is 3.71. The van der Waals surface area contributed by atoms with E-state index < -0.39 is 35.3 Å². The number of hydrogen-bond acceptors (Lipinski definition) is 4.